The van der Waals surface area contributed by atoms with E-state index in [1.54, 1.807) is 6.07 Å². The molecule has 1 heterocycles. The summed E-state index contributed by atoms with van der Waals surface area (Å²) in [6.45, 7) is 2.33. The van der Waals surface area contributed by atoms with Crippen LogP contribution in [-0.4, -0.2) is 26.4 Å². The Kier molecular flexibility index (Phi) is 4.57. The third-order valence-electron chi connectivity index (χ3n) is 2.77. The van der Waals surface area contributed by atoms with Crippen molar-refractivity contribution in [1.29, 1.82) is 0 Å². The highest BCUT2D eigenvalue weighted by molar-refractivity contribution is 5.46. The van der Waals surface area contributed by atoms with E-state index >= 15 is 0 Å². The molecule has 96 valence electrons. The average molecular weight is 249 g/mol. The highest BCUT2D eigenvalue weighted by Crippen LogP contribution is 2.21. The van der Waals surface area contributed by atoms with Crippen molar-refractivity contribution in [2.75, 3.05) is 26.4 Å². The third kappa shape index (κ3) is 3.46. The molecule has 3 nitrogen and oxygen atoms in total. The fraction of sp³-hybridized carbons (Fsp3) is 0.429. The summed E-state index contributed by atoms with van der Waals surface area (Å²) < 4.78 is 24.1. The van der Waals surface area contributed by atoms with Gasteiger partial charge in [-0.1, -0.05) is 11.8 Å². The fourth-order valence-corrected chi connectivity index (χ4v) is 1.79. The lowest BCUT2D eigenvalue weighted by molar-refractivity contribution is 0.167. The molecule has 0 bridgehead atoms. The number of nitrogens with two attached hydrogens (primary N) is 1. The van der Waals surface area contributed by atoms with Gasteiger partial charge in [0.15, 0.2) is 0 Å². The maximum atomic E-state index is 13.1. The largest absolute Gasteiger partial charge is 0.492 e. The highest BCUT2D eigenvalue weighted by Gasteiger charge is 2.16. The van der Waals surface area contributed by atoms with Crippen LogP contribution in [0.1, 0.15) is 12.0 Å². The molecule has 2 rings (SSSR count). The number of benzene rings is 1. The Morgan fingerprint density at radius 3 is 3.11 bits per heavy atom. The van der Waals surface area contributed by atoms with Gasteiger partial charge in [-0.2, -0.15) is 0 Å². The molecule has 4 heteroatoms. The molecule has 1 aliphatic rings. The van der Waals surface area contributed by atoms with Gasteiger partial charge < -0.3 is 15.2 Å². The summed E-state index contributed by atoms with van der Waals surface area (Å²) in [5.41, 5.74) is 5.85. The van der Waals surface area contributed by atoms with Crippen molar-refractivity contribution in [2.45, 2.75) is 6.42 Å². The lowest BCUT2D eigenvalue weighted by atomic mass is 10.1. The first-order valence-corrected chi connectivity index (χ1v) is 5.98. The van der Waals surface area contributed by atoms with Crippen molar-refractivity contribution in [1.82, 2.24) is 0 Å². The molecule has 0 radical (unpaired) electrons. The van der Waals surface area contributed by atoms with Gasteiger partial charge in [0.05, 0.1) is 25.3 Å². The van der Waals surface area contributed by atoms with Crippen LogP contribution < -0.4 is 10.5 Å². The van der Waals surface area contributed by atoms with Crippen LogP contribution in [0.4, 0.5) is 4.39 Å². The van der Waals surface area contributed by atoms with Gasteiger partial charge in [0.2, 0.25) is 0 Å². The zero-order valence-electron chi connectivity index (χ0n) is 10.1. The Bertz CT molecular complexity index is 459. The average Bonchev–Trinajstić information content (AvgIpc) is 2.88. The van der Waals surface area contributed by atoms with E-state index in [0.717, 1.165) is 19.6 Å². The first kappa shape index (κ1) is 12.9. The molecular formula is C14H16FNO2. The molecule has 0 amide bonds. The first-order chi connectivity index (χ1) is 8.79. The predicted molar refractivity (Wildman–Crippen MR) is 66.8 cm³/mol. The van der Waals surface area contributed by atoms with Crippen molar-refractivity contribution >= 4 is 0 Å². The third-order valence-corrected chi connectivity index (χ3v) is 2.77. The summed E-state index contributed by atoms with van der Waals surface area (Å²) >= 11 is 0. The SMILES string of the molecule is NCC#Cc1cc(F)ccc1OCC1CCOC1. The molecule has 0 saturated carbocycles. The maximum absolute atomic E-state index is 13.1. The van der Waals surface area contributed by atoms with Gasteiger partial charge in [-0.15, -0.1) is 0 Å². The summed E-state index contributed by atoms with van der Waals surface area (Å²) in [6.07, 6.45) is 1.00. The fourth-order valence-electron chi connectivity index (χ4n) is 1.79. The summed E-state index contributed by atoms with van der Waals surface area (Å²) in [4.78, 5) is 0. The topological polar surface area (TPSA) is 44.5 Å². The molecule has 0 aromatic heterocycles. The minimum atomic E-state index is -0.326. The number of rotatable bonds is 3. The van der Waals surface area contributed by atoms with Crippen LogP contribution in [0.2, 0.25) is 0 Å². The monoisotopic (exact) mass is 249 g/mol. The minimum absolute atomic E-state index is 0.242. The van der Waals surface area contributed by atoms with Crippen molar-refractivity contribution in [2.24, 2.45) is 11.7 Å². The van der Waals surface area contributed by atoms with Crippen LogP contribution >= 0.6 is 0 Å². The minimum Gasteiger partial charge on any atom is -0.492 e. The molecule has 1 aromatic rings. The molecule has 1 unspecified atom stereocenters. The molecule has 2 N–H and O–H groups in total. The Hall–Kier alpha value is -1.57. The molecule has 1 aliphatic heterocycles. The van der Waals surface area contributed by atoms with E-state index in [1.165, 1.54) is 12.1 Å². The maximum Gasteiger partial charge on any atom is 0.135 e. The second-order valence-electron chi connectivity index (χ2n) is 4.19. The van der Waals surface area contributed by atoms with Crippen LogP contribution in [0.25, 0.3) is 0 Å². The summed E-state index contributed by atoms with van der Waals surface area (Å²) in [5.74, 6) is 6.21. The lowest BCUT2D eigenvalue weighted by Crippen LogP contribution is -2.12. The quantitative estimate of drug-likeness (QED) is 0.827. The smallest absolute Gasteiger partial charge is 0.135 e. The molecule has 1 saturated heterocycles. The predicted octanol–water partition coefficient (Wildman–Crippen LogP) is 1.55. The number of hydrogen-bond donors (Lipinski definition) is 1. The van der Waals surface area contributed by atoms with Crippen molar-refractivity contribution < 1.29 is 13.9 Å². The van der Waals surface area contributed by atoms with Gasteiger partial charge in [-0.05, 0) is 24.6 Å². The number of ether oxygens (including phenoxy) is 2. The van der Waals surface area contributed by atoms with Crippen molar-refractivity contribution in [3.05, 3.63) is 29.6 Å². The van der Waals surface area contributed by atoms with E-state index < -0.39 is 0 Å². The molecule has 1 aromatic carbocycles. The zero-order chi connectivity index (χ0) is 12.8. The molecule has 1 fully saturated rings. The molecule has 0 spiro atoms. The van der Waals surface area contributed by atoms with Gasteiger partial charge in [-0.3, -0.25) is 0 Å². The summed E-state index contributed by atoms with van der Waals surface area (Å²) in [5, 5.41) is 0. The van der Waals surface area contributed by atoms with E-state index in [0.29, 0.717) is 23.8 Å². The van der Waals surface area contributed by atoms with Crippen LogP contribution in [0.15, 0.2) is 18.2 Å². The van der Waals surface area contributed by atoms with Gasteiger partial charge in [-0.25, -0.2) is 4.39 Å². The number of hydrogen-bond acceptors (Lipinski definition) is 3. The second kappa shape index (κ2) is 6.39. The van der Waals surface area contributed by atoms with Gasteiger partial charge in [0.1, 0.15) is 11.6 Å². The van der Waals surface area contributed by atoms with E-state index in [-0.39, 0.29) is 12.4 Å². The normalized spacial score (nSPS) is 18.2. The van der Waals surface area contributed by atoms with Crippen LogP contribution in [0.5, 0.6) is 5.75 Å². The molecule has 0 aliphatic carbocycles. The van der Waals surface area contributed by atoms with Crippen molar-refractivity contribution in [3.8, 4) is 17.6 Å². The van der Waals surface area contributed by atoms with Gasteiger partial charge in [0, 0.05) is 12.5 Å². The van der Waals surface area contributed by atoms with E-state index in [2.05, 4.69) is 11.8 Å². The van der Waals surface area contributed by atoms with Crippen molar-refractivity contribution in [3.63, 3.8) is 0 Å². The Morgan fingerprint density at radius 2 is 2.39 bits per heavy atom. The second-order valence-corrected chi connectivity index (χ2v) is 4.19. The van der Waals surface area contributed by atoms with Crippen LogP contribution in [-0.2, 0) is 4.74 Å². The zero-order valence-corrected chi connectivity index (χ0v) is 10.1. The van der Waals surface area contributed by atoms with Gasteiger partial charge >= 0.3 is 0 Å². The molecule has 1 atom stereocenters. The highest BCUT2D eigenvalue weighted by atomic mass is 19.1. The Morgan fingerprint density at radius 1 is 1.50 bits per heavy atom. The molecular weight excluding hydrogens is 233 g/mol. The first-order valence-electron chi connectivity index (χ1n) is 5.98. The Balaban J connectivity index is 2.05. The van der Waals surface area contributed by atoms with E-state index in [1.807, 2.05) is 0 Å². The number of halogens is 1. The van der Waals surface area contributed by atoms with Gasteiger partial charge in [0.25, 0.3) is 0 Å². The van der Waals surface area contributed by atoms with Crippen LogP contribution in [0.3, 0.4) is 0 Å². The Labute approximate surface area is 106 Å². The lowest BCUT2D eigenvalue weighted by Gasteiger charge is -2.11. The van der Waals surface area contributed by atoms with E-state index in [4.69, 9.17) is 15.2 Å². The summed E-state index contributed by atoms with van der Waals surface area (Å²) in [6, 6.07) is 4.34. The molecule has 18 heavy (non-hydrogen) atoms. The summed E-state index contributed by atoms with van der Waals surface area (Å²) in [7, 11) is 0. The standard InChI is InChI=1S/C14H16FNO2/c15-13-3-4-14(12(8-13)2-1-6-16)18-10-11-5-7-17-9-11/h3-4,8,11H,5-7,9-10,16H2. The van der Waals surface area contributed by atoms with Crippen LogP contribution in [0, 0.1) is 23.6 Å². The van der Waals surface area contributed by atoms with E-state index in [9.17, 15) is 4.39 Å².